The highest BCUT2D eigenvalue weighted by molar-refractivity contribution is 7.15. The van der Waals surface area contributed by atoms with Crippen LogP contribution in [0.3, 0.4) is 0 Å². The van der Waals surface area contributed by atoms with Crippen molar-refractivity contribution in [2.24, 2.45) is 0 Å². The molecular formula is C11H13N3S. The van der Waals surface area contributed by atoms with Gasteiger partial charge in [-0.3, -0.25) is 9.97 Å². The fourth-order valence-electron chi connectivity index (χ4n) is 1.34. The predicted octanol–water partition coefficient (Wildman–Crippen LogP) is 2.27. The van der Waals surface area contributed by atoms with E-state index in [0.29, 0.717) is 0 Å². The summed E-state index contributed by atoms with van der Waals surface area (Å²) in [4.78, 5) is 13.0. The van der Waals surface area contributed by atoms with Crippen LogP contribution in [0.4, 0.5) is 0 Å². The van der Waals surface area contributed by atoms with E-state index in [1.165, 1.54) is 9.75 Å². The molecule has 0 spiro atoms. The molecule has 0 radical (unpaired) electrons. The first kappa shape index (κ1) is 10.3. The van der Waals surface area contributed by atoms with E-state index in [-0.39, 0.29) is 0 Å². The van der Waals surface area contributed by atoms with Gasteiger partial charge in [0.05, 0.1) is 16.8 Å². The van der Waals surface area contributed by atoms with Crippen LogP contribution in [-0.4, -0.2) is 29.0 Å². The minimum atomic E-state index is 0.951. The summed E-state index contributed by atoms with van der Waals surface area (Å²) in [5.41, 5.74) is 0.951. The molecule has 0 unspecified atom stereocenters. The standard InChI is InChI=1S/C11H13N3S/c1-14(2)8-9-3-4-11(15-9)10-7-12-5-6-13-10/h3-7H,8H2,1-2H3. The average Bonchev–Trinajstić information content (AvgIpc) is 2.67. The Morgan fingerprint density at radius 3 is 2.80 bits per heavy atom. The summed E-state index contributed by atoms with van der Waals surface area (Å²) in [6, 6.07) is 4.25. The molecule has 0 aromatic carbocycles. The lowest BCUT2D eigenvalue weighted by Gasteiger charge is -2.05. The van der Waals surface area contributed by atoms with Crippen molar-refractivity contribution in [1.29, 1.82) is 0 Å². The van der Waals surface area contributed by atoms with Crippen molar-refractivity contribution in [2.75, 3.05) is 14.1 Å². The van der Waals surface area contributed by atoms with Crippen LogP contribution >= 0.6 is 11.3 Å². The Balaban J connectivity index is 2.21. The van der Waals surface area contributed by atoms with Gasteiger partial charge in [0.15, 0.2) is 0 Å². The van der Waals surface area contributed by atoms with Gasteiger partial charge in [-0.25, -0.2) is 0 Å². The maximum atomic E-state index is 4.28. The first-order chi connectivity index (χ1) is 7.25. The molecule has 2 aromatic heterocycles. The number of aromatic nitrogens is 2. The van der Waals surface area contributed by atoms with Crippen LogP contribution in [0.2, 0.25) is 0 Å². The quantitative estimate of drug-likeness (QED) is 0.793. The van der Waals surface area contributed by atoms with E-state index in [2.05, 4.69) is 41.1 Å². The Kier molecular flexibility index (Phi) is 3.08. The number of nitrogens with zero attached hydrogens (tertiary/aromatic N) is 3. The number of rotatable bonds is 3. The second-order valence-corrected chi connectivity index (χ2v) is 4.76. The van der Waals surface area contributed by atoms with Gasteiger partial charge in [-0.2, -0.15) is 0 Å². The molecule has 0 N–H and O–H groups in total. The Hall–Kier alpha value is -1.26. The van der Waals surface area contributed by atoms with Gasteiger partial charge in [-0.15, -0.1) is 11.3 Å². The summed E-state index contributed by atoms with van der Waals surface area (Å²) in [5, 5.41) is 0. The molecule has 2 rings (SSSR count). The van der Waals surface area contributed by atoms with E-state index < -0.39 is 0 Å². The molecule has 2 aromatic rings. The molecule has 4 heteroatoms. The van der Waals surface area contributed by atoms with E-state index in [1.807, 2.05) is 0 Å². The second kappa shape index (κ2) is 4.51. The maximum Gasteiger partial charge on any atom is 0.0984 e. The van der Waals surface area contributed by atoms with Crippen LogP contribution in [0.5, 0.6) is 0 Å². The van der Waals surface area contributed by atoms with E-state index in [0.717, 1.165) is 12.2 Å². The third-order valence-corrected chi connectivity index (χ3v) is 3.04. The first-order valence-electron chi connectivity index (χ1n) is 4.75. The topological polar surface area (TPSA) is 29.0 Å². The van der Waals surface area contributed by atoms with Crippen molar-refractivity contribution >= 4 is 11.3 Å². The highest BCUT2D eigenvalue weighted by atomic mass is 32.1. The Bertz CT molecular complexity index is 422. The van der Waals surface area contributed by atoms with Crippen molar-refractivity contribution in [2.45, 2.75) is 6.54 Å². The third-order valence-electron chi connectivity index (χ3n) is 1.95. The van der Waals surface area contributed by atoms with Crippen LogP contribution in [0, 0.1) is 0 Å². The zero-order valence-corrected chi connectivity index (χ0v) is 9.66. The molecule has 0 saturated heterocycles. The van der Waals surface area contributed by atoms with Crippen LogP contribution in [-0.2, 0) is 6.54 Å². The minimum Gasteiger partial charge on any atom is -0.304 e. The molecule has 78 valence electrons. The van der Waals surface area contributed by atoms with Crippen molar-refractivity contribution in [1.82, 2.24) is 14.9 Å². The zero-order valence-electron chi connectivity index (χ0n) is 8.84. The van der Waals surface area contributed by atoms with Gasteiger partial charge in [-0.1, -0.05) is 0 Å². The summed E-state index contributed by atoms with van der Waals surface area (Å²) < 4.78 is 0. The number of hydrogen-bond acceptors (Lipinski definition) is 4. The van der Waals surface area contributed by atoms with Crippen LogP contribution in [0.1, 0.15) is 4.88 Å². The summed E-state index contributed by atoms with van der Waals surface area (Å²) in [7, 11) is 4.14. The Morgan fingerprint density at radius 2 is 2.13 bits per heavy atom. The molecule has 0 fully saturated rings. The van der Waals surface area contributed by atoms with Crippen molar-refractivity contribution in [3.8, 4) is 10.6 Å². The molecule has 0 saturated carbocycles. The van der Waals surface area contributed by atoms with Gasteiger partial charge >= 0.3 is 0 Å². The van der Waals surface area contributed by atoms with Gasteiger partial charge in [0.25, 0.3) is 0 Å². The lowest BCUT2D eigenvalue weighted by Crippen LogP contribution is -2.09. The molecule has 0 bridgehead atoms. The molecule has 3 nitrogen and oxygen atoms in total. The molecular weight excluding hydrogens is 206 g/mol. The molecule has 0 aliphatic carbocycles. The van der Waals surface area contributed by atoms with Gasteiger partial charge < -0.3 is 4.90 Å². The fourth-order valence-corrected chi connectivity index (χ4v) is 2.43. The van der Waals surface area contributed by atoms with E-state index >= 15 is 0 Å². The van der Waals surface area contributed by atoms with Gasteiger partial charge in [0, 0.05) is 23.8 Å². The van der Waals surface area contributed by atoms with Gasteiger partial charge in [-0.05, 0) is 26.2 Å². The SMILES string of the molecule is CN(C)Cc1ccc(-c2cnccn2)s1. The van der Waals surface area contributed by atoms with E-state index in [4.69, 9.17) is 0 Å². The normalized spacial score (nSPS) is 10.9. The van der Waals surface area contributed by atoms with Crippen molar-refractivity contribution < 1.29 is 0 Å². The lowest BCUT2D eigenvalue weighted by molar-refractivity contribution is 0.406. The third kappa shape index (κ3) is 2.61. The van der Waals surface area contributed by atoms with Crippen LogP contribution < -0.4 is 0 Å². The summed E-state index contributed by atoms with van der Waals surface area (Å²) in [6.07, 6.45) is 5.21. The van der Waals surface area contributed by atoms with Crippen LogP contribution in [0.25, 0.3) is 10.6 Å². The monoisotopic (exact) mass is 219 g/mol. The summed E-state index contributed by atoms with van der Waals surface area (Å²) in [6.45, 7) is 0.977. The Morgan fingerprint density at radius 1 is 1.27 bits per heavy atom. The molecule has 0 aliphatic heterocycles. The molecule has 15 heavy (non-hydrogen) atoms. The number of hydrogen-bond donors (Lipinski definition) is 0. The molecule has 2 heterocycles. The lowest BCUT2D eigenvalue weighted by atomic mass is 10.3. The molecule has 0 amide bonds. The zero-order chi connectivity index (χ0) is 10.7. The van der Waals surface area contributed by atoms with Crippen LogP contribution in [0.15, 0.2) is 30.7 Å². The average molecular weight is 219 g/mol. The molecule has 0 aliphatic rings. The fraction of sp³-hybridized carbons (Fsp3) is 0.273. The maximum absolute atomic E-state index is 4.28. The van der Waals surface area contributed by atoms with Crippen molar-refractivity contribution in [3.05, 3.63) is 35.6 Å². The summed E-state index contributed by atoms with van der Waals surface area (Å²) in [5.74, 6) is 0. The highest BCUT2D eigenvalue weighted by Crippen LogP contribution is 2.26. The summed E-state index contributed by atoms with van der Waals surface area (Å²) >= 11 is 1.77. The molecule has 0 atom stereocenters. The second-order valence-electron chi connectivity index (χ2n) is 3.59. The Labute approximate surface area is 93.4 Å². The van der Waals surface area contributed by atoms with E-state index in [1.54, 1.807) is 29.9 Å². The van der Waals surface area contributed by atoms with Crippen molar-refractivity contribution in [3.63, 3.8) is 0 Å². The predicted molar refractivity (Wildman–Crippen MR) is 62.7 cm³/mol. The van der Waals surface area contributed by atoms with E-state index in [9.17, 15) is 0 Å². The highest BCUT2D eigenvalue weighted by Gasteiger charge is 2.04. The smallest absolute Gasteiger partial charge is 0.0984 e. The van der Waals surface area contributed by atoms with Gasteiger partial charge in [0.2, 0.25) is 0 Å². The first-order valence-corrected chi connectivity index (χ1v) is 5.57. The van der Waals surface area contributed by atoms with Gasteiger partial charge in [0.1, 0.15) is 0 Å². The largest absolute Gasteiger partial charge is 0.304 e. The number of thiophene rings is 1. The minimum absolute atomic E-state index is 0.951.